The predicted octanol–water partition coefficient (Wildman–Crippen LogP) is 5.49. The summed E-state index contributed by atoms with van der Waals surface area (Å²) in [6.45, 7) is 11.5. The highest BCUT2D eigenvalue weighted by Gasteiger charge is 2.37. The van der Waals surface area contributed by atoms with E-state index in [9.17, 15) is 9.59 Å². The van der Waals surface area contributed by atoms with Crippen LogP contribution in [0.1, 0.15) is 90.2 Å². The fourth-order valence-electron chi connectivity index (χ4n) is 6.58. The number of carbonyl (C=O) groups excluding carboxylic acids is 2. The van der Waals surface area contributed by atoms with E-state index in [1.165, 1.54) is 25.0 Å². The lowest BCUT2D eigenvalue weighted by Crippen LogP contribution is -2.37. The van der Waals surface area contributed by atoms with Crippen molar-refractivity contribution in [2.75, 3.05) is 11.5 Å². The van der Waals surface area contributed by atoms with Gasteiger partial charge in [0.15, 0.2) is 0 Å². The number of ether oxygens (including phenoxy) is 2. The molecule has 0 aromatic carbocycles. The molecule has 2 aromatic rings. The van der Waals surface area contributed by atoms with Crippen LogP contribution in [0.25, 0.3) is 0 Å². The fraction of sp³-hybridized carbons (Fsp3) is 0.600. The highest BCUT2D eigenvalue weighted by atomic mass is 16.5. The minimum absolute atomic E-state index is 0.0248. The molecule has 8 nitrogen and oxygen atoms in total. The number of esters is 2. The van der Waals surface area contributed by atoms with E-state index >= 15 is 0 Å². The molecule has 2 fully saturated rings. The molecule has 208 valence electrons. The smallest absolute Gasteiger partial charge is 0.302 e. The lowest BCUT2D eigenvalue weighted by Gasteiger charge is -2.38. The quantitative estimate of drug-likeness (QED) is 0.502. The standard InChI is InChI=1S/2C15H22N2O2/c2*1-9-6-12(13-4-5-17-8-14(13)16)7-10(2)15(9)19-11(3)18/h2*4-5,8-10,12,15H,6-7,16H2,1-3H3/t2*9-,10+,12?,15?. The van der Waals surface area contributed by atoms with Crippen LogP contribution in [-0.4, -0.2) is 34.1 Å². The lowest BCUT2D eigenvalue weighted by molar-refractivity contribution is -0.155. The molecule has 38 heavy (non-hydrogen) atoms. The van der Waals surface area contributed by atoms with Gasteiger partial charge < -0.3 is 20.9 Å². The molecule has 2 aromatic heterocycles. The van der Waals surface area contributed by atoms with E-state index in [-0.39, 0.29) is 24.1 Å². The summed E-state index contributed by atoms with van der Waals surface area (Å²) < 4.78 is 10.9. The number of nitrogens with zero attached hydrogens (tertiary/aromatic N) is 2. The molecular weight excluding hydrogens is 480 g/mol. The normalized spacial score (nSPS) is 30.9. The van der Waals surface area contributed by atoms with E-state index in [4.69, 9.17) is 20.9 Å². The minimum atomic E-state index is -0.189. The molecular formula is C30H44N4O4. The van der Waals surface area contributed by atoms with Crippen molar-refractivity contribution in [2.45, 2.75) is 91.3 Å². The monoisotopic (exact) mass is 524 g/mol. The molecule has 0 saturated heterocycles. The van der Waals surface area contributed by atoms with Crippen molar-refractivity contribution in [1.82, 2.24) is 9.97 Å². The largest absolute Gasteiger partial charge is 0.462 e. The topological polar surface area (TPSA) is 130 Å². The van der Waals surface area contributed by atoms with Gasteiger partial charge in [0.2, 0.25) is 0 Å². The van der Waals surface area contributed by atoms with Crippen molar-refractivity contribution in [3.63, 3.8) is 0 Å². The van der Waals surface area contributed by atoms with Crippen LogP contribution in [0.15, 0.2) is 36.9 Å². The average Bonchev–Trinajstić information content (AvgIpc) is 2.84. The van der Waals surface area contributed by atoms with Crippen molar-refractivity contribution >= 4 is 23.3 Å². The van der Waals surface area contributed by atoms with Crippen LogP contribution in [0.4, 0.5) is 11.4 Å². The second kappa shape index (κ2) is 13.1. The third-order valence-corrected chi connectivity index (χ3v) is 8.13. The van der Waals surface area contributed by atoms with Crippen LogP contribution in [0, 0.1) is 23.7 Å². The van der Waals surface area contributed by atoms with Gasteiger partial charge in [-0.05, 0) is 84.5 Å². The van der Waals surface area contributed by atoms with Crippen LogP contribution in [-0.2, 0) is 19.1 Å². The Labute approximate surface area is 226 Å². The van der Waals surface area contributed by atoms with E-state index in [0.29, 0.717) is 35.5 Å². The number of pyridine rings is 2. The van der Waals surface area contributed by atoms with Crippen molar-refractivity contribution in [3.8, 4) is 0 Å². The van der Waals surface area contributed by atoms with E-state index in [1.54, 1.807) is 24.8 Å². The number of hydrogen-bond acceptors (Lipinski definition) is 8. The highest BCUT2D eigenvalue weighted by Crippen LogP contribution is 2.43. The van der Waals surface area contributed by atoms with Gasteiger partial charge in [0.25, 0.3) is 0 Å². The summed E-state index contributed by atoms with van der Waals surface area (Å²) in [5.74, 6) is 1.89. The van der Waals surface area contributed by atoms with Crippen molar-refractivity contribution in [2.24, 2.45) is 23.7 Å². The summed E-state index contributed by atoms with van der Waals surface area (Å²) in [6, 6.07) is 4.01. The third kappa shape index (κ3) is 7.45. The van der Waals surface area contributed by atoms with Crippen molar-refractivity contribution < 1.29 is 19.1 Å². The average molecular weight is 525 g/mol. The Morgan fingerprint density at radius 1 is 0.684 bits per heavy atom. The zero-order valence-corrected chi connectivity index (χ0v) is 23.6. The molecule has 0 spiro atoms. The molecule has 0 bridgehead atoms. The Balaban J connectivity index is 0.000000211. The van der Waals surface area contributed by atoms with Gasteiger partial charge in [0.05, 0.1) is 23.8 Å². The summed E-state index contributed by atoms with van der Waals surface area (Å²) in [7, 11) is 0. The van der Waals surface area contributed by atoms with Gasteiger partial charge in [-0.25, -0.2) is 0 Å². The molecule has 2 aliphatic rings. The first-order valence-electron chi connectivity index (χ1n) is 13.7. The second-order valence-corrected chi connectivity index (χ2v) is 11.4. The first-order valence-corrected chi connectivity index (χ1v) is 13.7. The molecule has 4 N–H and O–H groups in total. The Morgan fingerprint density at radius 2 is 1.00 bits per heavy atom. The maximum Gasteiger partial charge on any atom is 0.302 e. The number of nitrogen functional groups attached to an aromatic ring is 2. The summed E-state index contributed by atoms with van der Waals surface area (Å²) in [4.78, 5) is 30.4. The molecule has 2 saturated carbocycles. The summed E-state index contributed by atoms with van der Waals surface area (Å²) in [5, 5.41) is 0. The molecule has 4 unspecified atom stereocenters. The molecule has 8 atom stereocenters. The third-order valence-electron chi connectivity index (χ3n) is 8.13. The number of aromatic nitrogens is 2. The highest BCUT2D eigenvalue weighted by molar-refractivity contribution is 5.66. The Morgan fingerprint density at radius 3 is 1.26 bits per heavy atom. The number of nitrogens with two attached hydrogens (primary N) is 2. The van der Waals surface area contributed by atoms with E-state index < -0.39 is 0 Å². The molecule has 0 aliphatic heterocycles. The van der Waals surface area contributed by atoms with E-state index in [0.717, 1.165) is 37.1 Å². The molecule has 4 rings (SSSR count). The van der Waals surface area contributed by atoms with E-state index in [1.807, 2.05) is 12.1 Å². The Hall–Kier alpha value is -3.16. The number of rotatable bonds is 4. The summed E-state index contributed by atoms with van der Waals surface area (Å²) in [5.41, 5.74) is 15.9. The molecule has 0 amide bonds. The maximum atomic E-state index is 11.2. The predicted molar refractivity (Wildman–Crippen MR) is 149 cm³/mol. The zero-order chi connectivity index (χ0) is 28.0. The fourth-order valence-corrected chi connectivity index (χ4v) is 6.58. The van der Waals surface area contributed by atoms with Gasteiger partial charge in [-0.15, -0.1) is 0 Å². The summed E-state index contributed by atoms with van der Waals surface area (Å²) in [6.07, 6.45) is 11.0. The molecule has 2 aliphatic carbocycles. The van der Waals surface area contributed by atoms with Gasteiger partial charge >= 0.3 is 11.9 Å². The van der Waals surface area contributed by atoms with Crippen LogP contribution in [0.3, 0.4) is 0 Å². The van der Waals surface area contributed by atoms with Gasteiger partial charge in [-0.3, -0.25) is 19.6 Å². The van der Waals surface area contributed by atoms with Gasteiger partial charge in [0.1, 0.15) is 12.2 Å². The van der Waals surface area contributed by atoms with Crippen LogP contribution in [0.5, 0.6) is 0 Å². The summed E-state index contributed by atoms with van der Waals surface area (Å²) >= 11 is 0. The molecule has 8 heteroatoms. The Kier molecular flexibility index (Phi) is 10.1. The Bertz CT molecular complexity index is 984. The minimum Gasteiger partial charge on any atom is -0.462 e. The van der Waals surface area contributed by atoms with Crippen LogP contribution >= 0.6 is 0 Å². The van der Waals surface area contributed by atoms with Gasteiger partial charge in [-0.2, -0.15) is 0 Å². The van der Waals surface area contributed by atoms with Gasteiger partial charge in [0, 0.05) is 26.2 Å². The van der Waals surface area contributed by atoms with Crippen molar-refractivity contribution in [1.29, 1.82) is 0 Å². The first kappa shape index (κ1) is 29.4. The van der Waals surface area contributed by atoms with Crippen LogP contribution < -0.4 is 11.5 Å². The molecule has 0 radical (unpaired) electrons. The zero-order valence-electron chi connectivity index (χ0n) is 23.6. The molecule has 2 heterocycles. The lowest BCUT2D eigenvalue weighted by atomic mass is 9.72. The number of anilines is 2. The number of hydrogen-bond donors (Lipinski definition) is 2. The first-order chi connectivity index (χ1) is 18.0. The number of carbonyl (C=O) groups is 2. The maximum absolute atomic E-state index is 11.2. The second-order valence-electron chi connectivity index (χ2n) is 11.4. The SMILES string of the molecule is CC(=O)OC1[C@H](C)CC(c2ccncc2N)C[C@@H]1C.CC(=O)OC1[C@H](C)CC(c2ccncc2N)C[C@@H]1C. The van der Waals surface area contributed by atoms with Crippen molar-refractivity contribution in [3.05, 3.63) is 48.0 Å². The van der Waals surface area contributed by atoms with Gasteiger partial charge in [-0.1, -0.05) is 27.7 Å². The van der Waals surface area contributed by atoms with Crippen LogP contribution in [0.2, 0.25) is 0 Å². The van der Waals surface area contributed by atoms with E-state index in [2.05, 4.69) is 37.7 Å².